The highest BCUT2D eigenvalue weighted by atomic mass is 19.4. The summed E-state index contributed by atoms with van der Waals surface area (Å²) in [5.41, 5.74) is -0.0740. The van der Waals surface area contributed by atoms with Gasteiger partial charge in [0.15, 0.2) is 11.6 Å². The number of hydrogen-bond donors (Lipinski definition) is 0. The van der Waals surface area contributed by atoms with Crippen LogP contribution in [0.3, 0.4) is 0 Å². The number of benzene rings is 1. The summed E-state index contributed by atoms with van der Waals surface area (Å²) in [5.74, 6) is -0.996. The Morgan fingerprint density at radius 1 is 1.19 bits per heavy atom. The molecule has 0 unspecified atom stereocenters. The van der Waals surface area contributed by atoms with Gasteiger partial charge in [-0.25, -0.2) is 14.4 Å². The second kappa shape index (κ2) is 10.2. The number of amides is 1. The normalized spacial score (nSPS) is 17.8. The summed E-state index contributed by atoms with van der Waals surface area (Å²) in [5, 5.41) is 0. The summed E-state index contributed by atoms with van der Waals surface area (Å²) in [6, 6.07) is 2.47. The zero-order valence-electron chi connectivity index (χ0n) is 20.7. The number of likely N-dealkylation sites (tertiary alicyclic amines) is 1. The molecule has 4 rings (SSSR count). The first-order valence-corrected chi connectivity index (χ1v) is 12.1. The highest BCUT2D eigenvalue weighted by Crippen LogP contribution is 2.44. The highest BCUT2D eigenvalue weighted by molar-refractivity contribution is 5.97. The van der Waals surface area contributed by atoms with E-state index in [1.165, 1.54) is 32.4 Å². The maximum atomic E-state index is 14.1. The molecule has 2 aliphatic rings. The zero-order valence-corrected chi connectivity index (χ0v) is 20.7. The van der Waals surface area contributed by atoms with Crippen molar-refractivity contribution >= 4 is 11.7 Å². The minimum atomic E-state index is -4.60. The Kier molecular flexibility index (Phi) is 7.40. The monoisotopic (exact) mass is 509 g/mol. The maximum Gasteiger partial charge on any atom is 0.406 e. The highest BCUT2D eigenvalue weighted by Gasteiger charge is 2.46. The second-order valence-electron chi connectivity index (χ2n) is 9.89. The van der Waals surface area contributed by atoms with Crippen molar-refractivity contribution in [1.29, 1.82) is 0 Å². The summed E-state index contributed by atoms with van der Waals surface area (Å²) >= 11 is 0. The van der Waals surface area contributed by atoms with E-state index < -0.39 is 30.5 Å². The fourth-order valence-electron chi connectivity index (χ4n) is 4.91. The van der Waals surface area contributed by atoms with Crippen LogP contribution in [0.2, 0.25) is 0 Å². The third kappa shape index (κ3) is 5.71. The van der Waals surface area contributed by atoms with Gasteiger partial charge in [0, 0.05) is 24.5 Å². The number of alkyl halides is 3. The number of carbonyl (C=O) groups excluding carboxylic acids is 1. The molecule has 3 heterocycles. The van der Waals surface area contributed by atoms with Crippen molar-refractivity contribution in [3.8, 4) is 11.5 Å². The molecule has 2 saturated heterocycles. The van der Waals surface area contributed by atoms with Crippen LogP contribution in [0.15, 0.2) is 30.7 Å². The number of nitrogens with zero attached hydrogens (tertiary/aromatic N) is 5. The van der Waals surface area contributed by atoms with Crippen molar-refractivity contribution in [3.05, 3.63) is 42.1 Å². The zero-order chi connectivity index (χ0) is 26.1. The quantitative estimate of drug-likeness (QED) is 0.503. The standard InChI is InChI=1S/C25H31F4N5O2/c1-4-32-9-7-24(8-10-32)13-33(14-24)22-21(12-30-16-31-22)36-20-6-5-18(26)11-19(20)23(35)34(17(2)3)15-25(27,28)29/h5-6,11-12,16-17H,4,7-10,13-15H2,1-3H3. The largest absolute Gasteiger partial charge is 0.451 e. The van der Waals surface area contributed by atoms with Gasteiger partial charge >= 0.3 is 6.18 Å². The van der Waals surface area contributed by atoms with Crippen LogP contribution in [0.1, 0.15) is 44.0 Å². The number of halogens is 4. The molecule has 7 nitrogen and oxygen atoms in total. The lowest BCUT2D eigenvalue weighted by atomic mass is 9.72. The molecule has 0 N–H and O–H groups in total. The average Bonchev–Trinajstić information content (AvgIpc) is 2.81. The van der Waals surface area contributed by atoms with Crippen molar-refractivity contribution < 1.29 is 27.1 Å². The molecule has 0 saturated carbocycles. The fourth-order valence-corrected chi connectivity index (χ4v) is 4.91. The Hall–Kier alpha value is -2.95. The van der Waals surface area contributed by atoms with E-state index in [1.807, 2.05) is 0 Å². The Morgan fingerprint density at radius 3 is 2.50 bits per heavy atom. The molecule has 2 aromatic rings. The molecule has 0 atom stereocenters. The smallest absolute Gasteiger partial charge is 0.406 e. The number of ether oxygens (including phenoxy) is 1. The van der Waals surface area contributed by atoms with Gasteiger partial charge in [-0.05, 0) is 64.5 Å². The molecule has 1 spiro atoms. The first-order chi connectivity index (χ1) is 17.0. The molecule has 0 bridgehead atoms. The van der Waals surface area contributed by atoms with Crippen molar-refractivity contribution in [2.45, 2.75) is 45.8 Å². The van der Waals surface area contributed by atoms with E-state index >= 15 is 0 Å². The summed E-state index contributed by atoms with van der Waals surface area (Å²) in [6.45, 7) is 8.41. The van der Waals surface area contributed by atoms with Crippen LogP contribution < -0.4 is 9.64 Å². The molecular formula is C25H31F4N5O2. The van der Waals surface area contributed by atoms with E-state index in [0.717, 1.165) is 57.7 Å². The summed E-state index contributed by atoms with van der Waals surface area (Å²) in [6.07, 6.45) is 0.433. The van der Waals surface area contributed by atoms with Crippen LogP contribution in [-0.4, -0.2) is 77.2 Å². The van der Waals surface area contributed by atoms with Gasteiger partial charge in [-0.3, -0.25) is 4.79 Å². The van der Waals surface area contributed by atoms with Gasteiger partial charge in [-0.1, -0.05) is 6.92 Å². The van der Waals surface area contributed by atoms with E-state index in [9.17, 15) is 22.4 Å². The number of hydrogen-bond acceptors (Lipinski definition) is 6. The lowest BCUT2D eigenvalue weighted by molar-refractivity contribution is -0.143. The Labute approximate surface area is 208 Å². The lowest BCUT2D eigenvalue weighted by Gasteiger charge is -2.54. The van der Waals surface area contributed by atoms with E-state index in [-0.39, 0.29) is 22.5 Å². The molecule has 11 heteroatoms. The number of anilines is 1. The molecule has 1 aromatic heterocycles. The van der Waals surface area contributed by atoms with Crippen molar-refractivity contribution in [1.82, 2.24) is 19.8 Å². The molecule has 0 aliphatic carbocycles. The summed E-state index contributed by atoms with van der Waals surface area (Å²) in [7, 11) is 0. The molecule has 0 radical (unpaired) electrons. The number of aromatic nitrogens is 2. The Morgan fingerprint density at radius 2 is 1.89 bits per heavy atom. The minimum Gasteiger partial charge on any atom is -0.451 e. The molecule has 1 aromatic carbocycles. The topological polar surface area (TPSA) is 61.8 Å². The van der Waals surface area contributed by atoms with E-state index in [1.54, 1.807) is 0 Å². The summed E-state index contributed by atoms with van der Waals surface area (Å²) in [4.78, 5) is 26.6. The average molecular weight is 510 g/mol. The van der Waals surface area contributed by atoms with Gasteiger partial charge in [0.2, 0.25) is 0 Å². The van der Waals surface area contributed by atoms with Gasteiger partial charge in [0.1, 0.15) is 24.4 Å². The molecule has 2 aliphatic heterocycles. The number of rotatable bonds is 7. The van der Waals surface area contributed by atoms with Crippen molar-refractivity contribution in [2.24, 2.45) is 5.41 Å². The van der Waals surface area contributed by atoms with Gasteiger partial charge in [-0.2, -0.15) is 13.2 Å². The second-order valence-corrected chi connectivity index (χ2v) is 9.89. The van der Waals surface area contributed by atoms with Gasteiger partial charge in [0.25, 0.3) is 5.91 Å². The molecule has 1 amide bonds. The van der Waals surface area contributed by atoms with E-state index in [4.69, 9.17) is 4.74 Å². The SMILES string of the molecule is CCN1CCC2(CC1)CN(c1ncncc1Oc1ccc(F)cc1C(=O)N(CC(F)(F)F)C(C)C)C2. The van der Waals surface area contributed by atoms with E-state index in [0.29, 0.717) is 10.7 Å². The third-order valence-corrected chi connectivity index (χ3v) is 7.00. The van der Waals surface area contributed by atoms with Crippen molar-refractivity contribution in [2.75, 3.05) is 44.2 Å². The third-order valence-electron chi connectivity index (χ3n) is 7.00. The van der Waals surface area contributed by atoms with Crippen LogP contribution in [-0.2, 0) is 0 Å². The number of piperidine rings is 1. The van der Waals surface area contributed by atoms with Gasteiger partial charge in [0.05, 0.1) is 11.8 Å². The summed E-state index contributed by atoms with van der Waals surface area (Å²) < 4.78 is 59.4. The predicted octanol–water partition coefficient (Wildman–Crippen LogP) is 4.74. The first-order valence-electron chi connectivity index (χ1n) is 12.1. The van der Waals surface area contributed by atoms with Crippen LogP contribution in [0, 0.1) is 11.2 Å². The van der Waals surface area contributed by atoms with Crippen LogP contribution in [0.25, 0.3) is 0 Å². The van der Waals surface area contributed by atoms with Crippen molar-refractivity contribution in [3.63, 3.8) is 0 Å². The predicted molar refractivity (Wildman–Crippen MR) is 127 cm³/mol. The van der Waals surface area contributed by atoms with E-state index in [2.05, 4.69) is 26.7 Å². The first kappa shape index (κ1) is 26.1. The molecule has 2 fully saturated rings. The molecule has 196 valence electrons. The minimum absolute atomic E-state index is 0.0586. The van der Waals surface area contributed by atoms with Crippen LogP contribution in [0.5, 0.6) is 11.5 Å². The molecular weight excluding hydrogens is 478 g/mol. The number of carbonyl (C=O) groups is 1. The molecule has 36 heavy (non-hydrogen) atoms. The van der Waals surface area contributed by atoms with Crippen LogP contribution in [0.4, 0.5) is 23.4 Å². The fraction of sp³-hybridized carbons (Fsp3) is 0.560. The Balaban J connectivity index is 1.56. The van der Waals surface area contributed by atoms with Gasteiger partial charge < -0.3 is 19.4 Å². The maximum absolute atomic E-state index is 14.1. The van der Waals surface area contributed by atoms with Crippen LogP contribution >= 0.6 is 0 Å². The van der Waals surface area contributed by atoms with Gasteiger partial charge in [-0.15, -0.1) is 0 Å². The Bertz CT molecular complexity index is 1080. The lowest BCUT2D eigenvalue weighted by Crippen LogP contribution is -2.60.